The summed E-state index contributed by atoms with van der Waals surface area (Å²) < 4.78 is 33.2. The number of quaternary nitrogens is 1. The van der Waals surface area contributed by atoms with E-state index >= 15 is 0 Å². The van der Waals surface area contributed by atoms with E-state index < -0.39 is 22.0 Å². The molecule has 1 saturated carbocycles. The van der Waals surface area contributed by atoms with Gasteiger partial charge in [0, 0.05) is 19.5 Å². The molecule has 1 aromatic heterocycles. The Morgan fingerprint density at radius 1 is 1.00 bits per heavy atom. The Balaban J connectivity index is 0.000000387. The van der Waals surface area contributed by atoms with E-state index in [-0.39, 0.29) is 9.78 Å². The lowest BCUT2D eigenvalue weighted by Crippen LogP contribution is -2.56. The summed E-state index contributed by atoms with van der Waals surface area (Å²) in [7, 11) is -0.295. The van der Waals surface area contributed by atoms with Crippen molar-refractivity contribution in [3.8, 4) is 0 Å². The summed E-state index contributed by atoms with van der Waals surface area (Å²) in [6, 6.07) is 5.97. The number of piperidine rings is 1. The summed E-state index contributed by atoms with van der Waals surface area (Å²) in [6.45, 7) is 13.4. The zero-order valence-electron chi connectivity index (χ0n) is 24.9. The second kappa shape index (κ2) is 14.4. The summed E-state index contributed by atoms with van der Waals surface area (Å²) in [5.41, 5.74) is 4.11. The van der Waals surface area contributed by atoms with E-state index in [0.29, 0.717) is 25.4 Å². The largest absolute Gasteiger partial charge is 0.434 e. The van der Waals surface area contributed by atoms with Crippen molar-refractivity contribution < 1.29 is 16.7 Å². The topological polar surface area (TPSA) is 96.3 Å². The minimum Gasteiger partial charge on any atom is -0.386 e. The Morgan fingerprint density at radius 2 is 1.58 bits per heavy atom. The normalized spacial score (nSPS) is 18.6. The summed E-state index contributed by atoms with van der Waals surface area (Å²) in [5.74, 6) is 0.911. The number of aryl methyl sites for hydroxylation is 3. The molecule has 9 heteroatoms. The van der Waals surface area contributed by atoms with E-state index in [0.717, 1.165) is 18.8 Å². The number of hydrogen-bond acceptors (Lipinski definition) is 5. The highest BCUT2D eigenvalue weighted by molar-refractivity contribution is 7.83. The van der Waals surface area contributed by atoms with Gasteiger partial charge in [-0.25, -0.2) is 9.89 Å². The van der Waals surface area contributed by atoms with Crippen molar-refractivity contribution in [1.29, 1.82) is 0 Å². The number of H-pyrrole nitrogens is 1. The standard InChI is InChI=1S/C18H32N4O4S.C9H12.C2H6/c1-4-16(17-19-20-18(23)26-17)22(2,3)27(24,25)21-12-10-15(11-13-21)14-8-6-5-7-9-14;1-7-4-5-8(2)9(3)6-7;1-2/h14-16H,4-13H2,1-3H3;4-6H,1-3H3;1-2H3/p+1. The van der Waals surface area contributed by atoms with Crippen LogP contribution >= 0.6 is 0 Å². The molecule has 0 bridgehead atoms. The summed E-state index contributed by atoms with van der Waals surface area (Å²) in [5, 5.41) is 6.12. The van der Waals surface area contributed by atoms with Crippen LogP contribution < -0.4 is 5.76 Å². The average molecular weight is 552 g/mol. The molecule has 2 fully saturated rings. The highest BCUT2D eigenvalue weighted by Crippen LogP contribution is 2.38. The fourth-order valence-corrected chi connectivity index (χ4v) is 7.63. The number of nitrogens with zero attached hydrogens (tertiary/aromatic N) is 3. The van der Waals surface area contributed by atoms with E-state index in [2.05, 4.69) is 49.2 Å². The lowest BCUT2D eigenvalue weighted by atomic mass is 9.76. The predicted molar refractivity (Wildman–Crippen MR) is 154 cm³/mol. The van der Waals surface area contributed by atoms with Crippen molar-refractivity contribution in [2.75, 3.05) is 27.2 Å². The van der Waals surface area contributed by atoms with Gasteiger partial charge in [-0.3, -0.25) is 0 Å². The molecule has 1 aliphatic heterocycles. The monoisotopic (exact) mass is 551 g/mol. The van der Waals surface area contributed by atoms with Crippen molar-refractivity contribution in [3.63, 3.8) is 0 Å². The summed E-state index contributed by atoms with van der Waals surface area (Å²) in [4.78, 5) is 11.3. The Morgan fingerprint density at radius 3 is 2.05 bits per heavy atom. The third-order valence-electron chi connectivity index (χ3n) is 8.28. The number of hydrogen-bond donors (Lipinski definition) is 1. The van der Waals surface area contributed by atoms with Crippen molar-refractivity contribution in [2.24, 2.45) is 11.8 Å². The predicted octanol–water partition coefficient (Wildman–Crippen LogP) is 6.07. The SMILES string of the molecule is CC.CCC(c1n[nH]c(=O)o1)[N+](C)(C)S(=O)(=O)N1CCC(C2CCCCC2)CC1.Cc1ccc(C)c(C)c1. The number of aromatic nitrogens is 2. The van der Waals surface area contributed by atoms with Gasteiger partial charge in [0.15, 0.2) is 6.04 Å². The van der Waals surface area contributed by atoms with E-state index in [1.807, 2.05) is 20.8 Å². The molecule has 4 rings (SSSR count). The van der Waals surface area contributed by atoms with E-state index in [1.165, 1.54) is 48.8 Å². The minimum absolute atomic E-state index is 0.146. The van der Waals surface area contributed by atoms with Crippen LogP contribution in [0.4, 0.5) is 0 Å². The molecular weight excluding hydrogens is 500 g/mol. The third-order valence-corrected chi connectivity index (χ3v) is 10.7. The van der Waals surface area contributed by atoms with Crippen molar-refractivity contribution in [2.45, 2.75) is 99.0 Å². The Kier molecular flexibility index (Phi) is 12.2. The molecule has 8 nitrogen and oxygen atoms in total. The molecule has 1 unspecified atom stereocenters. The average Bonchev–Trinajstić information content (AvgIpc) is 3.34. The molecule has 0 spiro atoms. The van der Waals surface area contributed by atoms with Gasteiger partial charge >= 0.3 is 16.0 Å². The Hall–Kier alpha value is -1.97. The molecule has 1 atom stereocenters. The van der Waals surface area contributed by atoms with Crippen molar-refractivity contribution >= 4 is 10.2 Å². The van der Waals surface area contributed by atoms with Crippen LogP contribution in [0.5, 0.6) is 0 Å². The van der Waals surface area contributed by atoms with Gasteiger partial charge in [-0.05, 0) is 56.6 Å². The fraction of sp³-hybridized carbons (Fsp3) is 0.724. The van der Waals surface area contributed by atoms with Gasteiger partial charge in [-0.15, -0.1) is 5.10 Å². The van der Waals surface area contributed by atoms with Crippen LogP contribution in [0, 0.1) is 32.6 Å². The van der Waals surface area contributed by atoms with Gasteiger partial charge in [0.1, 0.15) is 0 Å². The van der Waals surface area contributed by atoms with Gasteiger partial charge in [0.2, 0.25) is 0 Å². The smallest absolute Gasteiger partial charge is 0.386 e. The number of benzene rings is 1. The lowest BCUT2D eigenvalue weighted by Gasteiger charge is -2.41. The molecule has 1 aliphatic carbocycles. The molecule has 1 N–H and O–H groups in total. The summed E-state index contributed by atoms with van der Waals surface area (Å²) in [6.07, 6.45) is 8.97. The van der Waals surface area contributed by atoms with Crippen molar-refractivity contribution in [1.82, 2.24) is 14.5 Å². The molecular formula is C29H51N4O4S+. The van der Waals surface area contributed by atoms with Gasteiger partial charge in [0.25, 0.3) is 5.89 Å². The lowest BCUT2D eigenvalue weighted by molar-refractivity contribution is -0.803. The van der Waals surface area contributed by atoms with Crippen LogP contribution in [0.3, 0.4) is 0 Å². The number of nitrogens with one attached hydrogen (secondary N) is 1. The second-order valence-corrected chi connectivity index (χ2v) is 13.4. The molecule has 1 aromatic carbocycles. The van der Waals surface area contributed by atoms with Crippen LogP contribution in [0.25, 0.3) is 0 Å². The van der Waals surface area contributed by atoms with Gasteiger partial charge in [-0.1, -0.05) is 76.6 Å². The van der Waals surface area contributed by atoms with Crippen LogP contribution in [-0.2, 0) is 10.2 Å². The molecule has 0 radical (unpaired) electrons. The first kappa shape index (κ1) is 32.2. The number of aromatic amines is 1. The Bertz CT molecular complexity index is 1140. The molecule has 0 amide bonds. The first-order valence-corrected chi connectivity index (χ1v) is 15.8. The Labute approximate surface area is 230 Å². The quantitative estimate of drug-likeness (QED) is 0.440. The zero-order valence-corrected chi connectivity index (χ0v) is 25.7. The van der Waals surface area contributed by atoms with E-state index in [1.54, 1.807) is 18.4 Å². The maximum absolute atomic E-state index is 13.4. The maximum Gasteiger partial charge on any atom is 0.434 e. The van der Waals surface area contributed by atoms with Crippen LogP contribution in [0.1, 0.15) is 101 Å². The first-order chi connectivity index (χ1) is 18.0. The third kappa shape index (κ3) is 7.79. The highest BCUT2D eigenvalue weighted by atomic mass is 32.2. The van der Waals surface area contributed by atoms with Crippen LogP contribution in [0.15, 0.2) is 27.4 Å². The molecule has 2 heterocycles. The van der Waals surface area contributed by atoms with E-state index in [4.69, 9.17) is 4.42 Å². The van der Waals surface area contributed by atoms with Crippen molar-refractivity contribution in [3.05, 3.63) is 51.3 Å². The fourth-order valence-electron chi connectivity index (χ4n) is 5.80. The molecule has 1 saturated heterocycles. The minimum atomic E-state index is -3.61. The first-order valence-electron chi connectivity index (χ1n) is 14.4. The van der Waals surface area contributed by atoms with Crippen LogP contribution in [-0.4, -0.2) is 54.0 Å². The number of rotatable bonds is 6. The van der Waals surface area contributed by atoms with Gasteiger partial charge in [-0.2, -0.15) is 16.6 Å². The highest BCUT2D eigenvalue weighted by Gasteiger charge is 2.48. The molecule has 2 aliphatic rings. The summed E-state index contributed by atoms with van der Waals surface area (Å²) >= 11 is 0. The second-order valence-electron chi connectivity index (χ2n) is 11.0. The molecule has 2 aromatic rings. The maximum atomic E-state index is 13.4. The molecule has 216 valence electrons. The van der Waals surface area contributed by atoms with Gasteiger partial charge in [0.05, 0.1) is 14.1 Å². The van der Waals surface area contributed by atoms with Gasteiger partial charge < -0.3 is 4.42 Å². The zero-order chi connectivity index (χ0) is 28.5. The van der Waals surface area contributed by atoms with E-state index in [9.17, 15) is 13.2 Å². The van der Waals surface area contributed by atoms with Crippen LogP contribution in [0.2, 0.25) is 0 Å². The molecule has 38 heavy (non-hydrogen) atoms.